The van der Waals surface area contributed by atoms with Gasteiger partial charge in [0.15, 0.2) is 5.84 Å². The van der Waals surface area contributed by atoms with Crippen molar-refractivity contribution in [3.05, 3.63) is 193 Å². The average Bonchev–Trinajstić information content (AvgIpc) is 3.80. The van der Waals surface area contributed by atoms with E-state index in [0.717, 1.165) is 66.4 Å². The van der Waals surface area contributed by atoms with Gasteiger partial charge in [-0.05, 0) is 81.1 Å². The van der Waals surface area contributed by atoms with Crippen molar-refractivity contribution in [2.45, 2.75) is 6.17 Å². The number of furan rings is 1. The van der Waals surface area contributed by atoms with E-state index in [-0.39, 0.29) is 6.17 Å². The van der Waals surface area contributed by atoms with Crippen LogP contribution in [0.1, 0.15) is 22.9 Å². The first-order valence-electron chi connectivity index (χ1n) is 18.2. The number of nitrogens with zero attached hydrogens (tertiary/aromatic N) is 2. The molecule has 0 saturated heterocycles. The van der Waals surface area contributed by atoms with E-state index >= 15 is 0 Å². The molecule has 3 heterocycles. The van der Waals surface area contributed by atoms with E-state index in [1.54, 1.807) is 0 Å². The Morgan fingerprint density at radius 3 is 1.98 bits per heavy atom. The Hall–Kier alpha value is -6.82. The summed E-state index contributed by atoms with van der Waals surface area (Å²) in [6, 6.07) is 62.1. The zero-order valence-electron chi connectivity index (χ0n) is 29.0. The highest BCUT2D eigenvalue weighted by Crippen LogP contribution is 2.41. The predicted octanol–water partition coefficient (Wildman–Crippen LogP) is 12.9. The number of amidine groups is 2. The van der Waals surface area contributed by atoms with Crippen molar-refractivity contribution < 1.29 is 4.42 Å². The van der Waals surface area contributed by atoms with Crippen molar-refractivity contribution in [2.24, 2.45) is 9.98 Å². The minimum Gasteiger partial charge on any atom is -0.456 e. The molecular weight excluding hydrogens is 679 g/mol. The summed E-state index contributed by atoms with van der Waals surface area (Å²) < 4.78 is 9.20. The van der Waals surface area contributed by atoms with Gasteiger partial charge in [-0.3, -0.25) is 0 Å². The Labute approximate surface area is 315 Å². The number of benzene rings is 8. The number of nitrogens with one attached hydrogen (secondary N) is 1. The molecule has 1 atom stereocenters. The number of rotatable bonds is 5. The highest BCUT2D eigenvalue weighted by Gasteiger charge is 2.27. The van der Waals surface area contributed by atoms with Gasteiger partial charge in [-0.2, -0.15) is 0 Å². The molecule has 5 heteroatoms. The molecule has 0 aliphatic carbocycles. The number of hydrogen-bond acceptors (Lipinski definition) is 5. The van der Waals surface area contributed by atoms with Crippen LogP contribution in [0.5, 0.6) is 0 Å². The Morgan fingerprint density at radius 2 is 1.17 bits per heavy atom. The zero-order valence-corrected chi connectivity index (χ0v) is 29.8. The topological polar surface area (TPSA) is 49.9 Å². The smallest absolute Gasteiger partial charge is 0.159 e. The van der Waals surface area contributed by atoms with Gasteiger partial charge in [0.2, 0.25) is 0 Å². The number of hydrogen-bond donors (Lipinski definition) is 1. The van der Waals surface area contributed by atoms with Crippen molar-refractivity contribution in [3.63, 3.8) is 0 Å². The molecule has 0 bridgehead atoms. The fourth-order valence-corrected chi connectivity index (χ4v) is 8.98. The minimum atomic E-state index is -0.377. The van der Waals surface area contributed by atoms with Gasteiger partial charge in [0.25, 0.3) is 0 Å². The Balaban J connectivity index is 1.15. The minimum absolute atomic E-state index is 0.377. The van der Waals surface area contributed by atoms with Gasteiger partial charge in [0.05, 0.1) is 0 Å². The van der Waals surface area contributed by atoms with Gasteiger partial charge in [-0.1, -0.05) is 133 Å². The maximum atomic E-state index is 6.65. The third-order valence-electron chi connectivity index (χ3n) is 10.5. The summed E-state index contributed by atoms with van der Waals surface area (Å²) >= 11 is 1.82. The van der Waals surface area contributed by atoms with Gasteiger partial charge in [-0.15, -0.1) is 11.3 Å². The first-order chi connectivity index (χ1) is 26.7. The monoisotopic (exact) mass is 709 g/mol. The van der Waals surface area contributed by atoms with Crippen molar-refractivity contribution in [1.29, 1.82) is 0 Å². The summed E-state index contributed by atoms with van der Waals surface area (Å²) in [6.45, 7) is 0. The molecule has 8 aromatic carbocycles. The molecule has 0 amide bonds. The van der Waals surface area contributed by atoms with Crippen LogP contribution < -0.4 is 5.32 Å². The van der Waals surface area contributed by atoms with Gasteiger partial charge in [0.1, 0.15) is 23.2 Å². The lowest BCUT2D eigenvalue weighted by atomic mass is 9.92. The second-order valence-corrected chi connectivity index (χ2v) is 14.9. The third-order valence-corrected chi connectivity index (χ3v) is 11.7. The van der Waals surface area contributed by atoms with Crippen LogP contribution >= 0.6 is 11.3 Å². The van der Waals surface area contributed by atoms with E-state index in [9.17, 15) is 0 Å². The lowest BCUT2D eigenvalue weighted by molar-refractivity contribution is 0.668. The normalized spacial score (nSPS) is 14.5. The third kappa shape index (κ3) is 5.12. The molecule has 0 spiro atoms. The highest BCUT2D eigenvalue weighted by molar-refractivity contribution is 7.25. The van der Waals surface area contributed by atoms with E-state index < -0.39 is 0 Å². The summed E-state index contributed by atoms with van der Waals surface area (Å²) in [4.78, 5) is 10.7. The molecule has 10 aromatic rings. The fraction of sp³-hybridized carbons (Fsp3) is 0.0204. The second kappa shape index (κ2) is 12.4. The summed E-state index contributed by atoms with van der Waals surface area (Å²) in [5, 5.41) is 10.7. The summed E-state index contributed by atoms with van der Waals surface area (Å²) in [7, 11) is 0. The summed E-state index contributed by atoms with van der Waals surface area (Å²) in [5.74, 6) is 1.44. The standard InChI is InChI=1S/C49H31N3OS/c1-3-11-30(12-4-1)31-19-21-32(22-20-31)37-24-25-41-45(40-27-34-15-7-8-16-35(34)29-42(40)53-41)46(37)49-51-47(33-13-5-2-6-14-33)50-48(52-49)36-23-26-44-39(28-36)38-17-9-10-18-43(38)54-44/h1-29,48H,(H,50,51,52). The van der Waals surface area contributed by atoms with Crippen LogP contribution in [-0.2, 0) is 0 Å². The average molecular weight is 710 g/mol. The first-order valence-corrected chi connectivity index (χ1v) is 19.0. The van der Waals surface area contributed by atoms with Crippen molar-refractivity contribution in [1.82, 2.24) is 5.32 Å². The quantitative estimate of drug-likeness (QED) is 0.193. The van der Waals surface area contributed by atoms with Crippen LogP contribution in [0.4, 0.5) is 0 Å². The lowest BCUT2D eigenvalue weighted by Gasteiger charge is -2.25. The molecule has 0 fully saturated rings. The Bertz CT molecular complexity index is 3120. The van der Waals surface area contributed by atoms with Crippen molar-refractivity contribution in [3.8, 4) is 22.3 Å². The zero-order chi connectivity index (χ0) is 35.6. The molecule has 1 unspecified atom stereocenters. The number of aliphatic imine (C=N–C) groups is 2. The largest absolute Gasteiger partial charge is 0.456 e. The van der Waals surface area contributed by atoms with Gasteiger partial charge < -0.3 is 9.73 Å². The van der Waals surface area contributed by atoms with E-state index in [1.165, 1.54) is 31.3 Å². The fourth-order valence-electron chi connectivity index (χ4n) is 7.89. The van der Waals surface area contributed by atoms with Crippen LogP contribution in [0.3, 0.4) is 0 Å². The summed E-state index contributed by atoms with van der Waals surface area (Å²) in [6.07, 6.45) is -0.377. The van der Waals surface area contributed by atoms with Gasteiger partial charge in [-0.25, -0.2) is 9.98 Å². The molecule has 1 aliphatic heterocycles. The van der Waals surface area contributed by atoms with Crippen LogP contribution in [0.2, 0.25) is 0 Å². The molecule has 254 valence electrons. The van der Waals surface area contributed by atoms with Crippen LogP contribution in [0, 0.1) is 0 Å². The van der Waals surface area contributed by atoms with E-state index in [1.807, 2.05) is 29.5 Å². The Morgan fingerprint density at radius 1 is 0.500 bits per heavy atom. The van der Waals surface area contributed by atoms with E-state index in [4.69, 9.17) is 14.4 Å². The Kier molecular flexibility index (Phi) is 7.07. The van der Waals surface area contributed by atoms with Crippen LogP contribution in [0.25, 0.3) is 75.1 Å². The molecule has 0 saturated carbocycles. The maximum Gasteiger partial charge on any atom is 0.159 e. The molecule has 54 heavy (non-hydrogen) atoms. The van der Waals surface area contributed by atoms with E-state index in [2.05, 4.69) is 163 Å². The number of fused-ring (bicyclic) bond motifs is 7. The summed E-state index contributed by atoms with van der Waals surface area (Å²) in [5.41, 5.74) is 9.22. The molecule has 0 radical (unpaired) electrons. The molecular formula is C49H31N3OS. The van der Waals surface area contributed by atoms with Gasteiger partial charge >= 0.3 is 0 Å². The second-order valence-electron chi connectivity index (χ2n) is 13.8. The lowest BCUT2D eigenvalue weighted by Crippen LogP contribution is -2.34. The molecule has 2 aromatic heterocycles. The highest BCUT2D eigenvalue weighted by atomic mass is 32.1. The van der Waals surface area contributed by atoms with E-state index in [0.29, 0.717) is 5.84 Å². The maximum absolute atomic E-state index is 6.65. The van der Waals surface area contributed by atoms with Gasteiger partial charge in [0, 0.05) is 42.1 Å². The first kappa shape index (κ1) is 30.8. The van der Waals surface area contributed by atoms with Crippen LogP contribution in [-0.4, -0.2) is 11.7 Å². The SMILES string of the molecule is c1ccc(C2=NC(c3ccc4sc5ccccc5c4c3)NC(c3c(-c4ccc(-c5ccccc5)cc4)ccc4oc5cc6ccccc6cc5c34)=N2)cc1. The molecule has 4 nitrogen and oxygen atoms in total. The number of thiophene rings is 1. The van der Waals surface area contributed by atoms with Crippen molar-refractivity contribution >= 4 is 75.9 Å². The molecule has 1 aliphatic rings. The predicted molar refractivity (Wildman–Crippen MR) is 227 cm³/mol. The van der Waals surface area contributed by atoms with Crippen LogP contribution in [0.15, 0.2) is 190 Å². The molecule has 1 N–H and O–H groups in total. The molecule has 11 rings (SSSR count). The van der Waals surface area contributed by atoms with Crippen molar-refractivity contribution in [2.75, 3.05) is 0 Å².